The van der Waals surface area contributed by atoms with Crippen molar-refractivity contribution in [3.05, 3.63) is 53.6 Å². The molecule has 0 radical (unpaired) electrons. The summed E-state index contributed by atoms with van der Waals surface area (Å²) >= 11 is 0. The summed E-state index contributed by atoms with van der Waals surface area (Å²) < 4.78 is 32.1. The summed E-state index contributed by atoms with van der Waals surface area (Å²) in [6, 6.07) is 11.8. The summed E-state index contributed by atoms with van der Waals surface area (Å²) in [5.41, 5.74) is 2.74. The number of para-hydroxylation sites is 2. The minimum Gasteiger partial charge on any atom is -0.492 e. The van der Waals surface area contributed by atoms with Crippen molar-refractivity contribution in [2.45, 2.75) is 40.2 Å². The first-order valence-electron chi connectivity index (χ1n) is 9.28. The van der Waals surface area contributed by atoms with E-state index in [1.54, 1.807) is 31.2 Å². The number of benzene rings is 2. The van der Waals surface area contributed by atoms with Crippen LogP contribution in [0, 0.1) is 13.8 Å². The second kappa shape index (κ2) is 9.10. The molecule has 7 heteroatoms. The Balaban J connectivity index is 2.44. The van der Waals surface area contributed by atoms with Crippen molar-refractivity contribution in [2.24, 2.45) is 0 Å². The lowest BCUT2D eigenvalue weighted by atomic mass is 10.1. The fourth-order valence-corrected chi connectivity index (χ4v) is 4.32. The Hall–Kier alpha value is -2.54. The number of nitrogens with zero attached hydrogens (tertiary/aromatic N) is 1. The normalized spacial score (nSPS) is 12.3. The number of carbonyl (C=O) groups excluding carboxylic acids is 1. The van der Waals surface area contributed by atoms with Gasteiger partial charge in [0.05, 0.1) is 24.2 Å². The molecule has 6 nitrogen and oxygen atoms in total. The van der Waals surface area contributed by atoms with Crippen molar-refractivity contribution in [3.8, 4) is 5.75 Å². The van der Waals surface area contributed by atoms with Gasteiger partial charge in [0, 0.05) is 0 Å². The van der Waals surface area contributed by atoms with E-state index < -0.39 is 22.0 Å². The predicted octanol–water partition coefficient (Wildman–Crippen LogP) is 3.89. The summed E-state index contributed by atoms with van der Waals surface area (Å²) in [6.45, 7) is 7.84. The molecular weight excluding hydrogens is 376 g/mol. The van der Waals surface area contributed by atoms with Gasteiger partial charge in [-0.15, -0.1) is 0 Å². The summed E-state index contributed by atoms with van der Waals surface area (Å²) in [7, 11) is -3.68. The largest absolute Gasteiger partial charge is 0.492 e. The SMILES string of the molecule is CCOc1ccccc1NC(=O)[C@H](CC)N(c1cc(C)ccc1C)S(C)(=O)=O. The number of anilines is 2. The van der Waals surface area contributed by atoms with Crippen LogP contribution in [0.4, 0.5) is 11.4 Å². The third kappa shape index (κ3) is 5.04. The molecule has 0 aliphatic rings. The second-order valence-electron chi connectivity index (χ2n) is 6.69. The molecule has 28 heavy (non-hydrogen) atoms. The molecule has 0 aromatic heterocycles. The molecule has 0 saturated carbocycles. The molecule has 0 fully saturated rings. The summed E-state index contributed by atoms with van der Waals surface area (Å²) in [6.07, 6.45) is 1.45. The van der Waals surface area contributed by atoms with Crippen LogP contribution in [0.2, 0.25) is 0 Å². The maximum absolute atomic E-state index is 13.1. The topological polar surface area (TPSA) is 75.7 Å². The zero-order valence-corrected chi connectivity index (χ0v) is 17.8. The maximum atomic E-state index is 13.1. The quantitative estimate of drug-likeness (QED) is 0.724. The van der Waals surface area contributed by atoms with Crippen LogP contribution in [0.1, 0.15) is 31.4 Å². The summed E-state index contributed by atoms with van der Waals surface area (Å²) in [5.74, 6) is 0.145. The number of rotatable bonds is 8. The Morgan fingerprint density at radius 3 is 2.43 bits per heavy atom. The highest BCUT2D eigenvalue weighted by atomic mass is 32.2. The summed E-state index contributed by atoms with van der Waals surface area (Å²) in [4.78, 5) is 13.1. The Morgan fingerprint density at radius 1 is 1.14 bits per heavy atom. The highest BCUT2D eigenvalue weighted by Crippen LogP contribution is 2.29. The van der Waals surface area contributed by atoms with Gasteiger partial charge >= 0.3 is 0 Å². The second-order valence-corrected chi connectivity index (χ2v) is 8.55. The van der Waals surface area contributed by atoms with Crippen LogP contribution in [-0.2, 0) is 14.8 Å². The van der Waals surface area contributed by atoms with E-state index >= 15 is 0 Å². The highest BCUT2D eigenvalue weighted by molar-refractivity contribution is 7.92. The molecule has 1 N–H and O–H groups in total. The van der Waals surface area contributed by atoms with Crippen molar-refractivity contribution >= 4 is 27.3 Å². The molecule has 1 atom stereocenters. The fourth-order valence-electron chi connectivity index (χ4n) is 3.06. The van der Waals surface area contributed by atoms with Gasteiger partial charge in [-0.25, -0.2) is 8.42 Å². The third-order valence-electron chi connectivity index (χ3n) is 4.38. The minimum absolute atomic E-state index is 0.323. The average Bonchev–Trinajstić information content (AvgIpc) is 2.62. The Bertz CT molecular complexity index is 941. The first-order valence-corrected chi connectivity index (χ1v) is 11.1. The van der Waals surface area contributed by atoms with E-state index in [1.807, 2.05) is 39.0 Å². The van der Waals surface area contributed by atoms with Gasteiger partial charge in [-0.1, -0.05) is 31.2 Å². The molecule has 1 amide bonds. The zero-order valence-electron chi connectivity index (χ0n) is 17.0. The van der Waals surface area contributed by atoms with Gasteiger partial charge in [0.2, 0.25) is 15.9 Å². The zero-order chi connectivity index (χ0) is 20.9. The molecule has 152 valence electrons. The molecule has 0 bridgehead atoms. The van der Waals surface area contributed by atoms with Gasteiger partial charge in [0.1, 0.15) is 11.8 Å². The highest BCUT2D eigenvalue weighted by Gasteiger charge is 2.32. The van der Waals surface area contributed by atoms with Gasteiger partial charge in [-0.05, 0) is 56.5 Å². The van der Waals surface area contributed by atoms with Crippen molar-refractivity contribution in [2.75, 3.05) is 22.5 Å². The van der Waals surface area contributed by atoms with Crippen molar-refractivity contribution in [1.82, 2.24) is 0 Å². The first kappa shape index (κ1) is 21.8. The monoisotopic (exact) mass is 404 g/mol. The van der Waals surface area contributed by atoms with Crippen LogP contribution in [0.15, 0.2) is 42.5 Å². The fraction of sp³-hybridized carbons (Fsp3) is 0.381. The van der Waals surface area contributed by atoms with Gasteiger partial charge in [0.25, 0.3) is 0 Å². The van der Waals surface area contributed by atoms with E-state index in [0.717, 1.165) is 17.4 Å². The van der Waals surface area contributed by atoms with E-state index in [1.165, 1.54) is 4.31 Å². The number of hydrogen-bond donors (Lipinski definition) is 1. The number of aryl methyl sites for hydroxylation is 2. The molecule has 0 saturated heterocycles. The molecule has 0 unspecified atom stereocenters. The molecule has 2 aromatic rings. The molecule has 2 rings (SSSR count). The van der Waals surface area contributed by atoms with E-state index in [0.29, 0.717) is 30.2 Å². The van der Waals surface area contributed by atoms with E-state index in [4.69, 9.17) is 4.74 Å². The Morgan fingerprint density at radius 2 is 1.82 bits per heavy atom. The van der Waals surface area contributed by atoms with Crippen molar-refractivity contribution < 1.29 is 17.9 Å². The number of hydrogen-bond acceptors (Lipinski definition) is 4. The molecule has 0 spiro atoms. The number of ether oxygens (including phenoxy) is 1. The molecular formula is C21H28N2O4S. The predicted molar refractivity (Wildman–Crippen MR) is 114 cm³/mol. The molecule has 0 heterocycles. The van der Waals surface area contributed by atoms with Gasteiger partial charge in [0.15, 0.2) is 0 Å². The summed E-state index contributed by atoms with van der Waals surface area (Å²) in [5, 5.41) is 2.83. The molecule has 2 aromatic carbocycles. The van der Waals surface area contributed by atoms with Crippen LogP contribution in [0.25, 0.3) is 0 Å². The number of carbonyl (C=O) groups is 1. The standard InChI is InChI=1S/C21H28N2O4S/c1-6-18(21(24)22-17-10-8-9-11-20(17)27-7-2)23(28(5,25)26)19-14-15(3)12-13-16(19)4/h8-14,18H,6-7H2,1-5H3,(H,22,24)/t18-/m0/s1. The number of nitrogens with one attached hydrogen (secondary N) is 1. The number of amides is 1. The van der Waals surface area contributed by atoms with Crippen molar-refractivity contribution in [1.29, 1.82) is 0 Å². The maximum Gasteiger partial charge on any atom is 0.248 e. The Labute approximate surface area is 167 Å². The van der Waals surface area contributed by atoms with Crippen LogP contribution < -0.4 is 14.4 Å². The molecule has 0 aliphatic carbocycles. The third-order valence-corrected chi connectivity index (χ3v) is 5.54. The Kier molecular flexibility index (Phi) is 7.07. The van der Waals surface area contributed by atoms with Crippen LogP contribution in [0.5, 0.6) is 5.75 Å². The smallest absolute Gasteiger partial charge is 0.248 e. The van der Waals surface area contributed by atoms with Gasteiger partial charge in [-0.2, -0.15) is 0 Å². The minimum atomic E-state index is -3.68. The van der Waals surface area contributed by atoms with Crippen LogP contribution >= 0.6 is 0 Å². The average molecular weight is 405 g/mol. The lowest BCUT2D eigenvalue weighted by Crippen LogP contribution is -2.47. The van der Waals surface area contributed by atoms with Crippen LogP contribution in [0.3, 0.4) is 0 Å². The first-order chi connectivity index (χ1) is 13.2. The van der Waals surface area contributed by atoms with Gasteiger partial charge in [-0.3, -0.25) is 9.10 Å². The van der Waals surface area contributed by atoms with E-state index in [-0.39, 0.29) is 0 Å². The number of sulfonamides is 1. The van der Waals surface area contributed by atoms with E-state index in [2.05, 4.69) is 5.32 Å². The van der Waals surface area contributed by atoms with Crippen LogP contribution in [-0.4, -0.2) is 33.2 Å². The lowest BCUT2D eigenvalue weighted by molar-refractivity contribution is -0.117. The van der Waals surface area contributed by atoms with Gasteiger partial charge < -0.3 is 10.1 Å². The molecule has 0 aliphatic heterocycles. The van der Waals surface area contributed by atoms with E-state index in [9.17, 15) is 13.2 Å². The lowest BCUT2D eigenvalue weighted by Gasteiger charge is -2.31. The van der Waals surface area contributed by atoms with Crippen molar-refractivity contribution in [3.63, 3.8) is 0 Å².